The van der Waals surface area contributed by atoms with Crippen molar-refractivity contribution in [1.29, 1.82) is 10.5 Å². The summed E-state index contributed by atoms with van der Waals surface area (Å²) in [6, 6.07) is 5.32. The Balaban J connectivity index is 2.96. The van der Waals surface area contributed by atoms with Crippen molar-refractivity contribution in [2.24, 2.45) is 4.99 Å². The largest absolute Gasteiger partial charge is 0.466 e. The zero-order chi connectivity index (χ0) is 13.4. The molecular formula is C12H9N3O2S. The molecule has 0 aliphatic rings. The molecule has 1 aromatic rings. The summed E-state index contributed by atoms with van der Waals surface area (Å²) in [4.78, 5) is 14.9. The topological polar surface area (TPSA) is 86.2 Å². The van der Waals surface area contributed by atoms with E-state index in [-0.39, 0.29) is 0 Å². The van der Waals surface area contributed by atoms with Crippen LogP contribution >= 0.6 is 11.3 Å². The van der Waals surface area contributed by atoms with E-state index in [4.69, 9.17) is 10.5 Å². The van der Waals surface area contributed by atoms with Gasteiger partial charge in [0, 0.05) is 17.9 Å². The van der Waals surface area contributed by atoms with Gasteiger partial charge in [-0.05, 0) is 22.9 Å². The van der Waals surface area contributed by atoms with Gasteiger partial charge in [-0.15, -0.1) is 0 Å². The molecule has 90 valence electrons. The number of aliphatic imine (C=N–C) groups is 1. The molecule has 0 aliphatic heterocycles. The Labute approximate surface area is 108 Å². The molecule has 0 saturated carbocycles. The van der Waals surface area contributed by atoms with Gasteiger partial charge in [0.05, 0.1) is 7.11 Å². The number of nitrogens with zero attached hydrogens (tertiary/aromatic N) is 3. The van der Waals surface area contributed by atoms with Gasteiger partial charge in [0.25, 0.3) is 5.54 Å². The predicted molar refractivity (Wildman–Crippen MR) is 67.0 cm³/mol. The lowest BCUT2D eigenvalue weighted by atomic mass is 10.0. The number of esters is 1. The van der Waals surface area contributed by atoms with Crippen LogP contribution in [0.4, 0.5) is 0 Å². The van der Waals surface area contributed by atoms with Crippen LogP contribution in [0.5, 0.6) is 0 Å². The van der Waals surface area contributed by atoms with Gasteiger partial charge in [-0.25, -0.2) is 4.79 Å². The summed E-state index contributed by atoms with van der Waals surface area (Å²) >= 11 is 1.48. The Bertz CT molecular complexity index is 533. The fraction of sp³-hybridized carbons (Fsp3) is 0.167. The van der Waals surface area contributed by atoms with Crippen LogP contribution in [-0.2, 0) is 9.53 Å². The number of rotatable bonds is 4. The van der Waals surface area contributed by atoms with E-state index in [0.717, 1.165) is 17.7 Å². The summed E-state index contributed by atoms with van der Waals surface area (Å²) in [6.45, 7) is 0. The third-order valence-corrected chi connectivity index (χ3v) is 2.66. The van der Waals surface area contributed by atoms with Crippen molar-refractivity contribution in [3.63, 3.8) is 0 Å². The normalized spacial score (nSPS) is 11.3. The van der Waals surface area contributed by atoms with Crippen LogP contribution in [0.2, 0.25) is 0 Å². The minimum atomic E-state index is -1.71. The highest BCUT2D eigenvalue weighted by Gasteiger charge is 2.25. The number of ether oxygens (including phenoxy) is 1. The minimum Gasteiger partial charge on any atom is -0.466 e. The Hall–Kier alpha value is -2.44. The molecular weight excluding hydrogens is 250 g/mol. The van der Waals surface area contributed by atoms with Crippen LogP contribution in [-0.4, -0.2) is 24.8 Å². The zero-order valence-electron chi connectivity index (χ0n) is 9.53. The number of thiophene rings is 1. The number of methoxy groups -OCH3 is 1. The molecule has 0 bridgehead atoms. The summed E-state index contributed by atoms with van der Waals surface area (Å²) in [5.41, 5.74) is -0.919. The van der Waals surface area contributed by atoms with E-state index in [1.54, 1.807) is 18.2 Å². The van der Waals surface area contributed by atoms with Crippen molar-refractivity contribution < 1.29 is 9.53 Å². The van der Waals surface area contributed by atoms with Crippen LogP contribution in [0.25, 0.3) is 0 Å². The molecule has 0 amide bonds. The van der Waals surface area contributed by atoms with Gasteiger partial charge >= 0.3 is 5.97 Å². The molecule has 0 radical (unpaired) electrons. The lowest BCUT2D eigenvalue weighted by Crippen LogP contribution is -2.19. The predicted octanol–water partition coefficient (Wildman–Crippen LogP) is 1.68. The number of hydrogen-bond acceptors (Lipinski definition) is 6. The van der Waals surface area contributed by atoms with E-state index in [1.165, 1.54) is 24.7 Å². The second kappa shape index (κ2) is 6.33. The molecule has 0 aliphatic carbocycles. The molecule has 1 aromatic heterocycles. The summed E-state index contributed by atoms with van der Waals surface area (Å²) in [5.74, 6) is -0.643. The number of carbonyl (C=O) groups is 1. The molecule has 0 atom stereocenters. The Morgan fingerprint density at radius 3 is 2.78 bits per heavy atom. The lowest BCUT2D eigenvalue weighted by molar-refractivity contribution is -0.134. The summed E-state index contributed by atoms with van der Waals surface area (Å²) in [6.07, 6.45) is 3.55. The molecule has 0 saturated heterocycles. The highest BCUT2D eigenvalue weighted by atomic mass is 32.1. The van der Waals surface area contributed by atoms with Gasteiger partial charge < -0.3 is 4.74 Å². The monoisotopic (exact) mass is 259 g/mol. The first-order valence-electron chi connectivity index (χ1n) is 4.83. The van der Waals surface area contributed by atoms with Gasteiger partial charge in [-0.1, -0.05) is 0 Å². The van der Waals surface area contributed by atoms with Crippen LogP contribution in [0.1, 0.15) is 5.56 Å². The van der Waals surface area contributed by atoms with Gasteiger partial charge in [0.2, 0.25) is 0 Å². The maximum absolute atomic E-state index is 10.9. The van der Waals surface area contributed by atoms with E-state index in [9.17, 15) is 4.79 Å². The number of hydrogen-bond donors (Lipinski definition) is 0. The first-order chi connectivity index (χ1) is 8.65. The van der Waals surface area contributed by atoms with Crippen LogP contribution in [0.15, 0.2) is 34.0 Å². The molecule has 0 N–H and O–H groups in total. The summed E-state index contributed by atoms with van der Waals surface area (Å²) in [5, 5.41) is 21.7. The van der Waals surface area contributed by atoms with Gasteiger partial charge in [0.15, 0.2) is 0 Å². The molecule has 1 heterocycles. The van der Waals surface area contributed by atoms with Crippen molar-refractivity contribution in [1.82, 2.24) is 0 Å². The first kappa shape index (κ1) is 13.6. The smallest absolute Gasteiger partial charge is 0.330 e. The molecule has 0 aromatic carbocycles. The van der Waals surface area contributed by atoms with Crippen molar-refractivity contribution in [2.75, 3.05) is 7.11 Å². The number of nitriles is 2. The minimum absolute atomic E-state index is 0.643. The molecule has 0 fully saturated rings. The van der Waals surface area contributed by atoms with E-state index in [2.05, 4.69) is 9.73 Å². The second-order valence-corrected chi connectivity index (χ2v) is 3.94. The first-order valence-corrected chi connectivity index (χ1v) is 5.77. The van der Waals surface area contributed by atoms with E-state index >= 15 is 0 Å². The molecule has 5 nitrogen and oxygen atoms in total. The van der Waals surface area contributed by atoms with Gasteiger partial charge in [0.1, 0.15) is 12.1 Å². The maximum atomic E-state index is 10.9. The fourth-order valence-corrected chi connectivity index (χ4v) is 1.59. The molecule has 0 unspecified atom stereocenters. The fourth-order valence-electron chi connectivity index (χ4n) is 0.982. The third-order valence-electron chi connectivity index (χ3n) is 1.96. The number of carbonyl (C=O) groups excluding carboxylic acids is 1. The van der Waals surface area contributed by atoms with Gasteiger partial charge in [-0.2, -0.15) is 21.9 Å². The quantitative estimate of drug-likeness (QED) is 0.467. The van der Waals surface area contributed by atoms with Gasteiger partial charge in [-0.3, -0.25) is 4.99 Å². The van der Waals surface area contributed by atoms with Crippen molar-refractivity contribution in [3.05, 3.63) is 34.5 Å². The average Bonchev–Trinajstić information content (AvgIpc) is 2.92. The Kier molecular flexibility index (Phi) is 4.79. The summed E-state index contributed by atoms with van der Waals surface area (Å²) in [7, 11) is 1.21. The van der Waals surface area contributed by atoms with E-state index < -0.39 is 11.5 Å². The summed E-state index contributed by atoms with van der Waals surface area (Å²) < 4.78 is 4.39. The van der Waals surface area contributed by atoms with Crippen molar-refractivity contribution >= 4 is 23.5 Å². The van der Waals surface area contributed by atoms with Crippen LogP contribution < -0.4 is 0 Å². The molecule has 6 heteroatoms. The van der Waals surface area contributed by atoms with Crippen molar-refractivity contribution in [3.8, 4) is 12.1 Å². The Morgan fingerprint density at radius 2 is 2.28 bits per heavy atom. The highest BCUT2D eigenvalue weighted by molar-refractivity contribution is 7.08. The second-order valence-electron chi connectivity index (χ2n) is 3.16. The average molecular weight is 259 g/mol. The zero-order valence-corrected chi connectivity index (χ0v) is 10.3. The van der Waals surface area contributed by atoms with Crippen LogP contribution in [0, 0.1) is 22.7 Å². The lowest BCUT2D eigenvalue weighted by Gasteiger charge is -2.06. The molecule has 18 heavy (non-hydrogen) atoms. The SMILES string of the molecule is COC(=O)C=CC(C#N)(C#N)N=Cc1ccsc1. The standard InChI is InChI=1S/C12H9N3O2S/c1-17-11(16)2-4-12(8-13,9-14)15-6-10-3-5-18-7-10/h2-7H,1H3. The van der Waals surface area contributed by atoms with E-state index in [0.29, 0.717) is 0 Å². The van der Waals surface area contributed by atoms with E-state index in [1.807, 2.05) is 10.8 Å². The van der Waals surface area contributed by atoms with Crippen LogP contribution in [0.3, 0.4) is 0 Å². The molecule has 0 spiro atoms. The molecule has 1 rings (SSSR count). The maximum Gasteiger partial charge on any atom is 0.330 e. The highest BCUT2D eigenvalue weighted by Crippen LogP contribution is 2.12. The third kappa shape index (κ3) is 3.55. The Morgan fingerprint density at radius 1 is 1.56 bits per heavy atom. The van der Waals surface area contributed by atoms with Crippen molar-refractivity contribution in [2.45, 2.75) is 5.54 Å².